The molecule has 2 heterocycles. The average Bonchev–Trinajstić information content (AvgIpc) is 2.76. The lowest BCUT2D eigenvalue weighted by Crippen LogP contribution is -2.45. The maximum absolute atomic E-state index is 11.9. The van der Waals surface area contributed by atoms with Gasteiger partial charge in [-0.1, -0.05) is 0 Å². The average molecular weight is 253 g/mol. The van der Waals surface area contributed by atoms with E-state index in [9.17, 15) is 4.79 Å². The maximum atomic E-state index is 11.9. The van der Waals surface area contributed by atoms with Crippen molar-refractivity contribution in [2.24, 2.45) is 5.92 Å². The molecule has 3 unspecified atom stereocenters. The first-order valence-electron chi connectivity index (χ1n) is 7.48. The number of nitrogens with zero attached hydrogens (tertiary/aromatic N) is 2. The van der Waals surface area contributed by atoms with Gasteiger partial charge in [0.25, 0.3) is 0 Å². The standard InChI is InChI=1S/C14H27N3O/c1-3-17(4-2)14(18)5-8-15-13-7-10-16-9-6-12(13)11-16/h12-13,15H,3-11H2,1-2H3. The topological polar surface area (TPSA) is 35.6 Å². The molecule has 2 bridgehead atoms. The molecule has 0 radical (unpaired) electrons. The summed E-state index contributed by atoms with van der Waals surface area (Å²) in [6.45, 7) is 10.4. The van der Waals surface area contributed by atoms with Gasteiger partial charge in [-0.2, -0.15) is 0 Å². The van der Waals surface area contributed by atoms with Crippen LogP contribution in [-0.4, -0.2) is 61.0 Å². The van der Waals surface area contributed by atoms with Crippen LogP contribution in [0.4, 0.5) is 0 Å². The van der Waals surface area contributed by atoms with E-state index in [2.05, 4.69) is 10.2 Å². The molecule has 104 valence electrons. The van der Waals surface area contributed by atoms with E-state index in [1.807, 2.05) is 18.7 Å². The largest absolute Gasteiger partial charge is 0.343 e. The summed E-state index contributed by atoms with van der Waals surface area (Å²) in [6.07, 6.45) is 3.24. The van der Waals surface area contributed by atoms with Crippen LogP contribution in [0.1, 0.15) is 33.1 Å². The van der Waals surface area contributed by atoms with Crippen molar-refractivity contribution in [1.82, 2.24) is 15.1 Å². The van der Waals surface area contributed by atoms with Crippen LogP contribution in [0.2, 0.25) is 0 Å². The molecule has 4 heteroatoms. The maximum Gasteiger partial charge on any atom is 0.223 e. The van der Waals surface area contributed by atoms with Gasteiger partial charge < -0.3 is 15.1 Å². The van der Waals surface area contributed by atoms with Gasteiger partial charge >= 0.3 is 0 Å². The fourth-order valence-electron chi connectivity index (χ4n) is 3.32. The summed E-state index contributed by atoms with van der Waals surface area (Å²) in [6, 6.07) is 0.647. The summed E-state index contributed by atoms with van der Waals surface area (Å²) in [4.78, 5) is 16.4. The SMILES string of the molecule is CCN(CC)C(=O)CCNC1CCN2CCC1C2. The van der Waals surface area contributed by atoms with Crippen LogP contribution in [0.25, 0.3) is 0 Å². The molecule has 2 saturated heterocycles. The van der Waals surface area contributed by atoms with Crippen molar-refractivity contribution in [2.45, 2.75) is 39.2 Å². The van der Waals surface area contributed by atoms with Gasteiger partial charge in [-0.3, -0.25) is 4.79 Å². The number of carbonyl (C=O) groups is 1. The zero-order valence-corrected chi connectivity index (χ0v) is 11.8. The molecule has 3 atom stereocenters. The third-order valence-electron chi connectivity index (χ3n) is 4.50. The number of hydrogen-bond donors (Lipinski definition) is 1. The normalized spacial score (nSPS) is 30.4. The summed E-state index contributed by atoms with van der Waals surface area (Å²) in [5.41, 5.74) is 0. The second kappa shape index (κ2) is 6.53. The van der Waals surface area contributed by atoms with Crippen molar-refractivity contribution in [3.05, 3.63) is 0 Å². The number of amides is 1. The van der Waals surface area contributed by atoms with Crippen molar-refractivity contribution in [3.8, 4) is 0 Å². The first-order valence-corrected chi connectivity index (χ1v) is 7.48. The van der Waals surface area contributed by atoms with Gasteiger partial charge in [0.15, 0.2) is 0 Å². The number of fused-ring (bicyclic) bond motifs is 2. The molecule has 4 nitrogen and oxygen atoms in total. The number of hydrogen-bond acceptors (Lipinski definition) is 3. The van der Waals surface area contributed by atoms with E-state index in [4.69, 9.17) is 0 Å². The number of piperidine rings is 1. The fourth-order valence-corrected chi connectivity index (χ4v) is 3.32. The first-order chi connectivity index (χ1) is 8.74. The highest BCUT2D eigenvalue weighted by molar-refractivity contribution is 5.76. The summed E-state index contributed by atoms with van der Waals surface area (Å²) in [5.74, 6) is 1.11. The minimum Gasteiger partial charge on any atom is -0.343 e. The van der Waals surface area contributed by atoms with Crippen LogP contribution in [-0.2, 0) is 4.79 Å². The van der Waals surface area contributed by atoms with E-state index >= 15 is 0 Å². The molecule has 2 fully saturated rings. The highest BCUT2D eigenvalue weighted by Crippen LogP contribution is 2.26. The van der Waals surface area contributed by atoms with Crippen molar-refractivity contribution in [2.75, 3.05) is 39.3 Å². The van der Waals surface area contributed by atoms with Crippen molar-refractivity contribution in [1.29, 1.82) is 0 Å². The van der Waals surface area contributed by atoms with Crippen molar-refractivity contribution >= 4 is 5.91 Å². The van der Waals surface area contributed by atoms with E-state index in [1.165, 1.54) is 32.5 Å². The van der Waals surface area contributed by atoms with Crippen LogP contribution in [0, 0.1) is 5.92 Å². The van der Waals surface area contributed by atoms with Gasteiger partial charge in [-0.15, -0.1) is 0 Å². The summed E-state index contributed by atoms with van der Waals surface area (Å²) >= 11 is 0. The van der Waals surface area contributed by atoms with Crippen LogP contribution < -0.4 is 5.32 Å². The molecule has 2 aliphatic rings. The molecule has 2 rings (SSSR count). The number of nitrogens with one attached hydrogen (secondary N) is 1. The summed E-state index contributed by atoms with van der Waals surface area (Å²) < 4.78 is 0. The Bertz CT molecular complexity index is 278. The zero-order valence-electron chi connectivity index (χ0n) is 11.8. The Morgan fingerprint density at radius 3 is 2.72 bits per heavy atom. The minimum absolute atomic E-state index is 0.288. The zero-order chi connectivity index (χ0) is 13.0. The monoisotopic (exact) mass is 253 g/mol. The van der Waals surface area contributed by atoms with Gasteiger partial charge in [-0.25, -0.2) is 0 Å². The Hall–Kier alpha value is -0.610. The third kappa shape index (κ3) is 3.23. The fraction of sp³-hybridized carbons (Fsp3) is 0.929. The first kappa shape index (κ1) is 13.8. The molecule has 1 N–H and O–H groups in total. The van der Waals surface area contributed by atoms with Crippen LogP contribution in [0.15, 0.2) is 0 Å². The Morgan fingerprint density at radius 2 is 2.00 bits per heavy atom. The van der Waals surface area contributed by atoms with E-state index in [0.29, 0.717) is 12.5 Å². The Balaban J connectivity index is 1.67. The van der Waals surface area contributed by atoms with E-state index < -0.39 is 0 Å². The molecule has 1 amide bonds. The van der Waals surface area contributed by atoms with Crippen LogP contribution >= 0.6 is 0 Å². The van der Waals surface area contributed by atoms with E-state index in [0.717, 1.165) is 25.6 Å². The molecule has 18 heavy (non-hydrogen) atoms. The highest BCUT2D eigenvalue weighted by atomic mass is 16.2. The van der Waals surface area contributed by atoms with Crippen LogP contribution in [0.5, 0.6) is 0 Å². The summed E-state index contributed by atoms with van der Waals surface area (Å²) in [5, 5.41) is 3.61. The Labute approximate surface area is 111 Å². The van der Waals surface area contributed by atoms with Gasteiger partial charge in [0, 0.05) is 38.6 Å². The molecule has 0 saturated carbocycles. The van der Waals surface area contributed by atoms with Crippen LogP contribution in [0.3, 0.4) is 0 Å². The lowest BCUT2D eigenvalue weighted by atomic mass is 9.94. The molecule has 0 aromatic heterocycles. The lowest BCUT2D eigenvalue weighted by Gasteiger charge is -2.31. The molecule has 0 aromatic rings. The van der Waals surface area contributed by atoms with Gasteiger partial charge in [0.1, 0.15) is 0 Å². The quantitative estimate of drug-likeness (QED) is 0.765. The van der Waals surface area contributed by atoms with Crippen molar-refractivity contribution < 1.29 is 4.79 Å². The predicted molar refractivity (Wildman–Crippen MR) is 73.5 cm³/mol. The molecule has 0 aromatic carbocycles. The summed E-state index contributed by atoms with van der Waals surface area (Å²) in [7, 11) is 0. The smallest absolute Gasteiger partial charge is 0.223 e. The van der Waals surface area contributed by atoms with Gasteiger partial charge in [0.05, 0.1) is 0 Å². The highest BCUT2D eigenvalue weighted by Gasteiger charge is 2.33. The second-order valence-electron chi connectivity index (χ2n) is 5.51. The Kier molecular flexibility index (Phi) is 5.01. The second-order valence-corrected chi connectivity index (χ2v) is 5.51. The Morgan fingerprint density at radius 1 is 1.28 bits per heavy atom. The van der Waals surface area contributed by atoms with Gasteiger partial charge in [-0.05, 0) is 45.7 Å². The molecule has 0 spiro atoms. The van der Waals surface area contributed by atoms with E-state index in [1.54, 1.807) is 0 Å². The third-order valence-corrected chi connectivity index (χ3v) is 4.50. The van der Waals surface area contributed by atoms with Gasteiger partial charge in [0.2, 0.25) is 5.91 Å². The predicted octanol–water partition coefficient (Wildman–Crippen LogP) is 0.929. The number of carbonyl (C=O) groups excluding carboxylic acids is 1. The molecular formula is C14H27N3O. The van der Waals surface area contributed by atoms with E-state index in [-0.39, 0.29) is 5.91 Å². The molecule has 0 aliphatic carbocycles. The lowest BCUT2D eigenvalue weighted by molar-refractivity contribution is -0.130. The van der Waals surface area contributed by atoms with Crippen molar-refractivity contribution in [3.63, 3.8) is 0 Å². The number of rotatable bonds is 6. The molecule has 2 aliphatic heterocycles. The minimum atomic E-state index is 0.288. The molecular weight excluding hydrogens is 226 g/mol.